The summed E-state index contributed by atoms with van der Waals surface area (Å²) in [4.78, 5) is 10.5. The van der Waals surface area contributed by atoms with Gasteiger partial charge in [0.25, 0.3) is 0 Å². The lowest BCUT2D eigenvalue weighted by molar-refractivity contribution is 0.0685. The summed E-state index contributed by atoms with van der Waals surface area (Å²) in [6.45, 7) is 2.47. The van der Waals surface area contributed by atoms with Gasteiger partial charge in [0.05, 0.1) is 12.1 Å². The molecule has 1 unspecified atom stereocenters. The Morgan fingerprint density at radius 1 is 1.71 bits per heavy atom. The van der Waals surface area contributed by atoms with Crippen molar-refractivity contribution < 1.29 is 19.5 Å². The van der Waals surface area contributed by atoms with E-state index < -0.39 is 11.6 Å². The van der Waals surface area contributed by atoms with Crippen molar-refractivity contribution in [2.75, 3.05) is 18.6 Å². The van der Waals surface area contributed by atoms with Crippen LogP contribution in [0.2, 0.25) is 0 Å². The van der Waals surface area contributed by atoms with Crippen LogP contribution >= 0.6 is 11.8 Å². The van der Waals surface area contributed by atoms with Gasteiger partial charge >= 0.3 is 5.97 Å². The molecule has 1 rings (SSSR count). The normalized spacial score (nSPS) is 14.5. The highest BCUT2D eigenvalue weighted by Crippen LogP contribution is 2.09. The van der Waals surface area contributed by atoms with Gasteiger partial charge in [0.2, 0.25) is 0 Å². The van der Waals surface area contributed by atoms with Crippen LogP contribution in [0.3, 0.4) is 0 Å². The maximum atomic E-state index is 10.5. The highest BCUT2D eigenvalue weighted by atomic mass is 32.2. The molecule has 1 aromatic heterocycles. The number of nitrogens with zero attached hydrogens (tertiary/aromatic N) is 1. The largest absolute Gasteiger partial charge is 0.476 e. The van der Waals surface area contributed by atoms with Gasteiger partial charge in [0, 0.05) is 18.4 Å². The lowest BCUT2D eigenvalue weighted by Crippen LogP contribution is -2.39. The summed E-state index contributed by atoms with van der Waals surface area (Å²) in [5, 5.41) is 24.9. The minimum Gasteiger partial charge on any atom is -0.476 e. The van der Waals surface area contributed by atoms with E-state index in [1.54, 1.807) is 18.7 Å². The Balaban J connectivity index is 2.38. The molecule has 6 nitrogen and oxygen atoms in total. The average molecular weight is 260 g/mol. The van der Waals surface area contributed by atoms with Crippen LogP contribution in [0.4, 0.5) is 0 Å². The number of aromatic nitrogens is 1. The summed E-state index contributed by atoms with van der Waals surface area (Å²) >= 11 is 1.56. The number of carboxylic acids is 1. The molecular formula is C10H16N2O4S. The molecule has 0 aromatic carbocycles. The first-order chi connectivity index (χ1) is 7.94. The van der Waals surface area contributed by atoms with Crippen LogP contribution in [0, 0.1) is 0 Å². The molecule has 0 fully saturated rings. The Kier molecular flexibility index (Phi) is 4.98. The van der Waals surface area contributed by atoms with Crippen molar-refractivity contribution in [3.8, 4) is 0 Å². The predicted molar refractivity (Wildman–Crippen MR) is 64.2 cm³/mol. The molecule has 0 saturated carbocycles. The number of aromatic carboxylic acids is 1. The minimum atomic E-state index is -1.12. The van der Waals surface area contributed by atoms with E-state index in [4.69, 9.17) is 9.63 Å². The fraction of sp³-hybridized carbons (Fsp3) is 0.600. The molecule has 1 heterocycles. The zero-order chi connectivity index (χ0) is 12.9. The van der Waals surface area contributed by atoms with E-state index in [9.17, 15) is 9.90 Å². The molecule has 0 bridgehead atoms. The van der Waals surface area contributed by atoms with E-state index in [1.807, 2.05) is 6.26 Å². The van der Waals surface area contributed by atoms with Gasteiger partial charge in [-0.2, -0.15) is 11.8 Å². The standard InChI is InChI=1S/C10H16N2O4S/c1-10(15,6-17-2)5-11-4-7-3-8(9(13)14)12-16-7/h3,11,15H,4-6H2,1-2H3,(H,13,14). The van der Waals surface area contributed by atoms with Crippen molar-refractivity contribution >= 4 is 17.7 Å². The van der Waals surface area contributed by atoms with Gasteiger partial charge in [-0.15, -0.1) is 0 Å². The molecule has 0 radical (unpaired) electrons. The van der Waals surface area contributed by atoms with Crippen LogP contribution in [0.25, 0.3) is 0 Å². The summed E-state index contributed by atoms with van der Waals surface area (Å²) in [5.41, 5.74) is -0.910. The topological polar surface area (TPSA) is 95.6 Å². The van der Waals surface area contributed by atoms with E-state index in [1.165, 1.54) is 6.07 Å². The van der Waals surface area contributed by atoms with E-state index in [-0.39, 0.29) is 5.69 Å². The number of carboxylic acid groups (broad SMARTS) is 1. The fourth-order valence-electron chi connectivity index (χ4n) is 1.31. The number of carbonyl (C=O) groups is 1. The van der Waals surface area contributed by atoms with Gasteiger partial charge in [-0.3, -0.25) is 0 Å². The van der Waals surface area contributed by atoms with Gasteiger partial charge in [-0.1, -0.05) is 5.16 Å². The molecule has 17 heavy (non-hydrogen) atoms. The van der Waals surface area contributed by atoms with Crippen molar-refractivity contribution in [2.45, 2.75) is 19.1 Å². The Morgan fingerprint density at radius 2 is 2.41 bits per heavy atom. The summed E-state index contributed by atoms with van der Waals surface area (Å²) < 4.78 is 4.82. The summed E-state index contributed by atoms with van der Waals surface area (Å²) in [6.07, 6.45) is 1.92. The fourth-order valence-corrected chi connectivity index (χ4v) is 2.04. The van der Waals surface area contributed by atoms with E-state index in [2.05, 4.69) is 10.5 Å². The lowest BCUT2D eigenvalue weighted by Gasteiger charge is -2.22. The van der Waals surface area contributed by atoms with Crippen LogP contribution in [-0.4, -0.2) is 45.5 Å². The maximum Gasteiger partial charge on any atom is 0.358 e. The summed E-state index contributed by atoms with van der Waals surface area (Å²) in [6, 6.07) is 1.36. The molecule has 0 aliphatic rings. The van der Waals surface area contributed by atoms with Crippen molar-refractivity contribution in [1.29, 1.82) is 0 Å². The number of rotatable bonds is 7. The molecule has 0 aliphatic carbocycles. The molecule has 0 saturated heterocycles. The number of hydrogen-bond donors (Lipinski definition) is 3. The smallest absolute Gasteiger partial charge is 0.358 e. The van der Waals surface area contributed by atoms with Crippen LogP contribution in [0.15, 0.2) is 10.6 Å². The molecule has 7 heteroatoms. The second-order valence-electron chi connectivity index (χ2n) is 4.02. The molecule has 96 valence electrons. The number of hydrogen-bond acceptors (Lipinski definition) is 6. The monoisotopic (exact) mass is 260 g/mol. The first kappa shape index (κ1) is 14.0. The Labute approximate surface area is 103 Å². The molecule has 1 aromatic rings. The molecule has 0 aliphatic heterocycles. The first-order valence-electron chi connectivity index (χ1n) is 5.05. The van der Waals surface area contributed by atoms with Crippen LogP contribution in [0.5, 0.6) is 0 Å². The zero-order valence-electron chi connectivity index (χ0n) is 9.77. The van der Waals surface area contributed by atoms with Gasteiger partial charge < -0.3 is 20.1 Å². The third-order valence-corrected chi connectivity index (χ3v) is 2.95. The van der Waals surface area contributed by atoms with Crippen LogP contribution in [-0.2, 0) is 6.54 Å². The molecule has 0 spiro atoms. The number of aliphatic hydroxyl groups is 1. The third-order valence-electron chi connectivity index (χ3n) is 2.04. The Bertz CT molecular complexity index is 378. The third kappa shape index (κ3) is 4.76. The highest BCUT2D eigenvalue weighted by molar-refractivity contribution is 7.98. The van der Waals surface area contributed by atoms with Crippen molar-refractivity contribution in [3.05, 3.63) is 17.5 Å². The number of thioether (sulfide) groups is 1. The second-order valence-corrected chi connectivity index (χ2v) is 4.88. The summed E-state index contributed by atoms with van der Waals surface area (Å²) in [5.74, 6) is -0.0618. The Hall–Kier alpha value is -1.05. The number of nitrogens with one attached hydrogen (secondary N) is 1. The van der Waals surface area contributed by atoms with E-state index >= 15 is 0 Å². The van der Waals surface area contributed by atoms with Gasteiger partial charge in [-0.05, 0) is 13.2 Å². The molecule has 1 atom stereocenters. The van der Waals surface area contributed by atoms with E-state index in [0.717, 1.165) is 0 Å². The molecule has 0 amide bonds. The molecular weight excluding hydrogens is 244 g/mol. The Morgan fingerprint density at radius 3 is 2.94 bits per heavy atom. The quantitative estimate of drug-likeness (QED) is 0.659. The lowest BCUT2D eigenvalue weighted by atomic mass is 10.1. The van der Waals surface area contributed by atoms with Crippen molar-refractivity contribution in [1.82, 2.24) is 10.5 Å². The van der Waals surface area contributed by atoms with Crippen molar-refractivity contribution in [3.63, 3.8) is 0 Å². The summed E-state index contributed by atoms with van der Waals surface area (Å²) in [7, 11) is 0. The average Bonchev–Trinajstić information content (AvgIpc) is 2.66. The SMILES string of the molecule is CSCC(C)(O)CNCc1cc(C(=O)O)no1. The second kappa shape index (κ2) is 6.04. The predicted octanol–water partition coefficient (Wildman–Crippen LogP) is 0.576. The first-order valence-corrected chi connectivity index (χ1v) is 6.45. The molecule has 3 N–H and O–H groups in total. The zero-order valence-corrected chi connectivity index (χ0v) is 10.6. The van der Waals surface area contributed by atoms with Gasteiger partial charge in [-0.25, -0.2) is 4.79 Å². The minimum absolute atomic E-state index is 0.113. The van der Waals surface area contributed by atoms with Crippen LogP contribution in [0.1, 0.15) is 23.2 Å². The van der Waals surface area contributed by atoms with Gasteiger partial charge in [0.1, 0.15) is 0 Å². The highest BCUT2D eigenvalue weighted by Gasteiger charge is 2.19. The van der Waals surface area contributed by atoms with E-state index in [0.29, 0.717) is 24.6 Å². The van der Waals surface area contributed by atoms with Gasteiger partial charge in [0.15, 0.2) is 11.5 Å². The van der Waals surface area contributed by atoms with Crippen molar-refractivity contribution in [2.24, 2.45) is 0 Å². The van der Waals surface area contributed by atoms with Crippen LogP contribution < -0.4 is 5.32 Å². The maximum absolute atomic E-state index is 10.5.